The molecule has 11 heteroatoms. The number of anilines is 4. The number of β-amino-alcohol motifs (C(OH)–C–C–N with tert-alkyl or cyclic N) is 1. The van der Waals surface area contributed by atoms with E-state index in [1.807, 2.05) is 11.1 Å². The van der Waals surface area contributed by atoms with Crippen LogP contribution in [0.1, 0.15) is 45.6 Å². The highest BCUT2D eigenvalue weighted by molar-refractivity contribution is 7.91. The normalized spacial score (nSPS) is 23.5. The number of hydrogen-bond donors (Lipinski definition) is 2. The third kappa shape index (κ3) is 5.73. The standard InChI is InChI=1S/C29H40N6O4S/c1-6-40(37,38)17-20-15-35(19(20)4)24-8-7-21(18(2)3)22-13-28(31-14-23(22)24)32-27-9-11-30-29(33-27)34-12-10-26(39-5)25(36)16-34/h7-9,11,13-14,18-20,25-26,36H,6,10,12,15-17H2,1-5H3,(H,30,31,32,33)/t19-,20-,25+,26+/m1/s1. The number of aliphatic hydroxyl groups is 1. The summed E-state index contributed by atoms with van der Waals surface area (Å²) in [6.07, 6.45) is 3.55. The fourth-order valence-electron chi connectivity index (χ4n) is 5.78. The summed E-state index contributed by atoms with van der Waals surface area (Å²) in [6, 6.07) is 8.32. The summed E-state index contributed by atoms with van der Waals surface area (Å²) in [7, 11) is -1.39. The van der Waals surface area contributed by atoms with Crippen LogP contribution in [-0.2, 0) is 14.6 Å². The highest BCUT2D eigenvalue weighted by atomic mass is 32.2. The Hall–Kier alpha value is -3.02. The number of hydrogen-bond acceptors (Lipinski definition) is 10. The SMILES string of the molecule is CCS(=O)(=O)C[C@H]1CN(c2ccc(C(C)C)c3cc(Nc4ccnc(N5CC[C@H](OC)[C@@H](O)C5)n4)ncc23)[C@@H]1C. The molecule has 0 amide bonds. The Labute approximate surface area is 236 Å². The predicted octanol–water partition coefficient (Wildman–Crippen LogP) is 3.74. The van der Waals surface area contributed by atoms with Gasteiger partial charge in [-0.25, -0.2) is 18.4 Å². The molecule has 2 saturated heterocycles. The highest BCUT2D eigenvalue weighted by Gasteiger charge is 2.38. The molecular weight excluding hydrogens is 528 g/mol. The Balaban J connectivity index is 1.39. The third-order valence-electron chi connectivity index (χ3n) is 8.36. The highest BCUT2D eigenvalue weighted by Crippen LogP contribution is 2.39. The van der Waals surface area contributed by atoms with Gasteiger partial charge in [0.1, 0.15) is 21.5 Å². The van der Waals surface area contributed by atoms with E-state index in [9.17, 15) is 13.5 Å². The van der Waals surface area contributed by atoms with Crippen LogP contribution in [-0.4, -0.2) is 85.0 Å². The Bertz CT molecular complexity index is 1470. The number of benzene rings is 1. The van der Waals surface area contributed by atoms with Crippen molar-refractivity contribution < 1.29 is 18.3 Å². The Morgan fingerprint density at radius 3 is 2.62 bits per heavy atom. The lowest BCUT2D eigenvalue weighted by molar-refractivity contribution is -0.0219. The first-order valence-corrected chi connectivity index (χ1v) is 15.9. The second-order valence-corrected chi connectivity index (χ2v) is 13.6. The minimum atomic E-state index is -3.01. The molecule has 2 aromatic heterocycles. The molecule has 0 radical (unpaired) electrons. The Kier molecular flexibility index (Phi) is 8.17. The number of aromatic nitrogens is 3. The summed E-state index contributed by atoms with van der Waals surface area (Å²) in [6.45, 7) is 10.0. The van der Waals surface area contributed by atoms with Crippen molar-refractivity contribution >= 4 is 43.9 Å². The predicted molar refractivity (Wildman–Crippen MR) is 159 cm³/mol. The summed E-state index contributed by atoms with van der Waals surface area (Å²) in [5, 5.41) is 15.9. The quantitative estimate of drug-likeness (QED) is 0.395. The zero-order chi connectivity index (χ0) is 28.6. The molecule has 0 spiro atoms. The second kappa shape index (κ2) is 11.5. The van der Waals surface area contributed by atoms with Crippen LogP contribution >= 0.6 is 0 Å². The van der Waals surface area contributed by atoms with Crippen LogP contribution < -0.4 is 15.1 Å². The van der Waals surface area contributed by atoms with E-state index >= 15 is 0 Å². The number of pyridine rings is 1. The van der Waals surface area contributed by atoms with Crippen molar-refractivity contribution in [3.05, 3.63) is 42.2 Å². The molecule has 4 heterocycles. The zero-order valence-electron chi connectivity index (χ0n) is 23.9. The molecular formula is C29H40N6O4S. The molecule has 10 nitrogen and oxygen atoms in total. The summed E-state index contributed by atoms with van der Waals surface area (Å²) in [5.41, 5.74) is 2.30. The summed E-state index contributed by atoms with van der Waals surface area (Å²) < 4.78 is 29.8. The molecule has 4 atom stereocenters. The van der Waals surface area contributed by atoms with Gasteiger partial charge in [0.15, 0.2) is 0 Å². The lowest BCUT2D eigenvalue weighted by Gasteiger charge is -2.48. The molecule has 5 rings (SSSR count). The first kappa shape index (κ1) is 28.5. The number of sulfone groups is 1. The van der Waals surface area contributed by atoms with Crippen LogP contribution in [0, 0.1) is 5.92 Å². The van der Waals surface area contributed by atoms with Crippen molar-refractivity contribution in [3.63, 3.8) is 0 Å². The van der Waals surface area contributed by atoms with Crippen molar-refractivity contribution in [2.75, 3.05) is 53.4 Å². The maximum atomic E-state index is 12.2. The Morgan fingerprint density at radius 1 is 1.15 bits per heavy atom. The molecule has 0 saturated carbocycles. The van der Waals surface area contributed by atoms with Crippen LogP contribution in [0.4, 0.5) is 23.3 Å². The van der Waals surface area contributed by atoms with E-state index in [-0.39, 0.29) is 29.6 Å². The number of nitrogens with one attached hydrogen (secondary N) is 1. The number of ether oxygens (including phenoxy) is 1. The maximum absolute atomic E-state index is 12.2. The van der Waals surface area contributed by atoms with E-state index < -0.39 is 15.9 Å². The van der Waals surface area contributed by atoms with E-state index in [0.717, 1.165) is 23.0 Å². The molecule has 216 valence electrons. The van der Waals surface area contributed by atoms with E-state index in [4.69, 9.17) is 14.7 Å². The molecule has 2 aliphatic heterocycles. The van der Waals surface area contributed by atoms with E-state index in [1.165, 1.54) is 5.56 Å². The number of rotatable bonds is 9. The van der Waals surface area contributed by atoms with Crippen LogP contribution in [0.2, 0.25) is 0 Å². The fourth-order valence-corrected chi connectivity index (χ4v) is 7.05. The van der Waals surface area contributed by atoms with Gasteiger partial charge in [-0.3, -0.25) is 0 Å². The van der Waals surface area contributed by atoms with Crippen LogP contribution in [0.5, 0.6) is 0 Å². The average molecular weight is 569 g/mol. The second-order valence-electron chi connectivity index (χ2n) is 11.2. The monoisotopic (exact) mass is 568 g/mol. The Morgan fingerprint density at radius 2 is 1.95 bits per heavy atom. The minimum absolute atomic E-state index is 0.132. The van der Waals surface area contributed by atoms with Crippen LogP contribution in [0.25, 0.3) is 10.8 Å². The molecule has 3 aromatic rings. The van der Waals surface area contributed by atoms with Gasteiger partial charge in [-0.15, -0.1) is 0 Å². The van der Waals surface area contributed by atoms with Crippen LogP contribution in [0.15, 0.2) is 36.7 Å². The zero-order valence-corrected chi connectivity index (χ0v) is 24.7. The number of fused-ring (bicyclic) bond motifs is 1. The van der Waals surface area contributed by atoms with E-state index in [0.29, 0.717) is 43.0 Å². The van der Waals surface area contributed by atoms with Gasteiger partial charge in [-0.05, 0) is 48.4 Å². The minimum Gasteiger partial charge on any atom is -0.389 e. The average Bonchev–Trinajstić information content (AvgIpc) is 2.94. The molecule has 0 aliphatic carbocycles. The van der Waals surface area contributed by atoms with Gasteiger partial charge in [0, 0.05) is 67.9 Å². The smallest absolute Gasteiger partial charge is 0.227 e. The van der Waals surface area contributed by atoms with Crippen molar-refractivity contribution in [2.24, 2.45) is 5.92 Å². The summed E-state index contributed by atoms with van der Waals surface area (Å²) in [4.78, 5) is 18.1. The van der Waals surface area contributed by atoms with Gasteiger partial charge >= 0.3 is 0 Å². The third-order valence-corrected chi connectivity index (χ3v) is 10.2. The largest absolute Gasteiger partial charge is 0.389 e. The fraction of sp³-hybridized carbons (Fsp3) is 0.552. The molecule has 0 unspecified atom stereocenters. The molecule has 40 heavy (non-hydrogen) atoms. The van der Waals surface area contributed by atoms with Crippen molar-refractivity contribution in [2.45, 2.75) is 58.3 Å². The number of methoxy groups -OCH3 is 1. The van der Waals surface area contributed by atoms with Crippen molar-refractivity contribution in [3.8, 4) is 0 Å². The van der Waals surface area contributed by atoms with Crippen molar-refractivity contribution in [1.82, 2.24) is 15.0 Å². The molecule has 2 aliphatic rings. The summed E-state index contributed by atoms with van der Waals surface area (Å²) in [5.74, 6) is 2.72. The lowest BCUT2D eigenvalue weighted by atomic mass is 9.88. The molecule has 2 fully saturated rings. The van der Waals surface area contributed by atoms with Gasteiger partial charge in [-0.2, -0.15) is 4.98 Å². The summed E-state index contributed by atoms with van der Waals surface area (Å²) >= 11 is 0. The first-order valence-electron chi connectivity index (χ1n) is 14.1. The van der Waals surface area contributed by atoms with Gasteiger partial charge in [0.05, 0.1) is 18.0 Å². The lowest BCUT2D eigenvalue weighted by Crippen LogP contribution is -2.57. The van der Waals surface area contributed by atoms with Gasteiger partial charge in [0.2, 0.25) is 5.95 Å². The topological polar surface area (TPSA) is 121 Å². The number of aliphatic hydroxyl groups excluding tert-OH is 1. The molecule has 0 bridgehead atoms. The van der Waals surface area contributed by atoms with Gasteiger partial charge in [-0.1, -0.05) is 26.8 Å². The van der Waals surface area contributed by atoms with E-state index in [2.05, 4.69) is 54.2 Å². The van der Waals surface area contributed by atoms with E-state index in [1.54, 1.807) is 26.3 Å². The maximum Gasteiger partial charge on any atom is 0.227 e. The van der Waals surface area contributed by atoms with Gasteiger partial charge in [0.25, 0.3) is 0 Å². The number of nitrogens with zero attached hydrogens (tertiary/aromatic N) is 5. The molecule has 2 N–H and O–H groups in total. The van der Waals surface area contributed by atoms with Gasteiger partial charge < -0.3 is 25.0 Å². The van der Waals surface area contributed by atoms with Crippen molar-refractivity contribution in [1.29, 1.82) is 0 Å². The number of piperidine rings is 1. The van der Waals surface area contributed by atoms with Crippen LogP contribution in [0.3, 0.4) is 0 Å². The molecule has 1 aromatic carbocycles. The first-order chi connectivity index (χ1) is 19.1.